The predicted molar refractivity (Wildman–Crippen MR) is 144 cm³/mol. The van der Waals surface area contributed by atoms with Crippen molar-refractivity contribution in [2.24, 2.45) is 0 Å². The molecule has 0 amide bonds. The van der Waals surface area contributed by atoms with Gasteiger partial charge in [0.2, 0.25) is 0 Å². The summed E-state index contributed by atoms with van der Waals surface area (Å²) in [5.74, 6) is 2.25. The van der Waals surface area contributed by atoms with Gasteiger partial charge in [0.05, 0.1) is 61.0 Å². The van der Waals surface area contributed by atoms with Gasteiger partial charge in [-0.3, -0.25) is 0 Å². The van der Waals surface area contributed by atoms with Gasteiger partial charge < -0.3 is 28.4 Å². The number of hydrogen-bond donors (Lipinski definition) is 0. The molecule has 1 heterocycles. The summed E-state index contributed by atoms with van der Waals surface area (Å²) in [6, 6.07) is 12.5. The second-order valence-corrected chi connectivity index (χ2v) is 9.68. The van der Waals surface area contributed by atoms with Gasteiger partial charge in [-0.2, -0.15) is 0 Å². The van der Waals surface area contributed by atoms with Crippen molar-refractivity contribution in [1.29, 1.82) is 0 Å². The molecule has 36 heavy (non-hydrogen) atoms. The molecule has 192 valence electrons. The van der Waals surface area contributed by atoms with Gasteiger partial charge in [0, 0.05) is 37.9 Å². The molecule has 0 unspecified atom stereocenters. The van der Waals surface area contributed by atoms with Gasteiger partial charge in [-0.25, -0.2) is 0 Å². The molecular weight excluding hydrogens is 524 g/mol. The number of methoxy groups -OCH3 is 3. The van der Waals surface area contributed by atoms with Crippen LogP contribution in [0.2, 0.25) is 0 Å². The lowest BCUT2D eigenvalue weighted by Gasteiger charge is -2.22. The quantitative estimate of drug-likeness (QED) is 0.367. The maximum absolute atomic E-state index is 6.08. The maximum atomic E-state index is 6.08. The minimum atomic E-state index is 0.413. The summed E-state index contributed by atoms with van der Waals surface area (Å²) in [5, 5.41) is 0. The Bertz CT molecular complexity index is 1130. The van der Waals surface area contributed by atoms with Gasteiger partial charge >= 0.3 is 0 Å². The highest BCUT2D eigenvalue weighted by Crippen LogP contribution is 2.48. The van der Waals surface area contributed by atoms with Gasteiger partial charge in [-0.15, -0.1) is 0 Å². The Hall–Kier alpha value is -2.58. The van der Waals surface area contributed by atoms with Crippen molar-refractivity contribution < 1.29 is 28.4 Å². The van der Waals surface area contributed by atoms with Crippen molar-refractivity contribution >= 4 is 15.9 Å². The predicted octanol–water partition coefficient (Wildman–Crippen LogP) is 6.49. The normalized spacial score (nSPS) is 14.5. The zero-order valence-corrected chi connectivity index (χ0v) is 23.1. The third-order valence-corrected chi connectivity index (χ3v) is 6.58. The zero-order valence-electron chi connectivity index (χ0n) is 21.5. The molecule has 6 nitrogen and oxygen atoms in total. The molecule has 6 bridgehead atoms. The molecule has 0 aliphatic carbocycles. The van der Waals surface area contributed by atoms with Crippen LogP contribution in [0.25, 0.3) is 22.3 Å². The van der Waals surface area contributed by atoms with Crippen LogP contribution in [0, 0.1) is 13.8 Å². The fourth-order valence-electron chi connectivity index (χ4n) is 4.71. The highest BCUT2D eigenvalue weighted by molar-refractivity contribution is 9.10. The van der Waals surface area contributed by atoms with Gasteiger partial charge in [-0.1, -0.05) is 28.1 Å². The van der Waals surface area contributed by atoms with Gasteiger partial charge in [0.25, 0.3) is 0 Å². The number of benzene rings is 3. The molecule has 3 aromatic carbocycles. The number of aryl methyl sites for hydroxylation is 2. The summed E-state index contributed by atoms with van der Waals surface area (Å²) < 4.78 is 36.4. The van der Waals surface area contributed by atoms with E-state index < -0.39 is 0 Å². The Morgan fingerprint density at radius 3 is 1.36 bits per heavy atom. The van der Waals surface area contributed by atoms with Gasteiger partial charge in [-0.05, 0) is 49.2 Å². The van der Waals surface area contributed by atoms with Crippen molar-refractivity contribution in [2.45, 2.75) is 27.1 Å². The molecule has 4 rings (SSSR count). The lowest BCUT2D eigenvalue weighted by molar-refractivity contribution is 0.00653. The molecule has 1 aliphatic heterocycles. The SMILES string of the molecule is COc1c2cc(C)cc1-c1cc(Br)cc(c1OC)-c1cc(C)cc(c1OC)COCCOCCOC2. The van der Waals surface area contributed by atoms with Crippen LogP contribution in [0.5, 0.6) is 17.2 Å². The van der Waals surface area contributed by atoms with Crippen LogP contribution in [-0.2, 0) is 27.4 Å². The summed E-state index contributed by atoms with van der Waals surface area (Å²) in [6.45, 7) is 6.91. The van der Waals surface area contributed by atoms with Crippen molar-refractivity contribution in [3.05, 3.63) is 63.1 Å². The summed E-state index contributed by atoms with van der Waals surface area (Å²) in [6.07, 6.45) is 0. The van der Waals surface area contributed by atoms with E-state index >= 15 is 0 Å². The van der Waals surface area contributed by atoms with E-state index in [-0.39, 0.29) is 0 Å². The number of halogens is 1. The first kappa shape index (κ1) is 26.5. The smallest absolute Gasteiger partial charge is 0.134 e. The Morgan fingerprint density at radius 1 is 0.556 bits per heavy atom. The van der Waals surface area contributed by atoms with E-state index in [1.54, 1.807) is 21.3 Å². The number of rotatable bonds is 3. The fourth-order valence-corrected chi connectivity index (χ4v) is 5.17. The monoisotopic (exact) mass is 556 g/mol. The Kier molecular flexibility index (Phi) is 8.90. The van der Waals surface area contributed by atoms with Crippen LogP contribution in [0.3, 0.4) is 0 Å². The van der Waals surface area contributed by atoms with Gasteiger partial charge in [0.15, 0.2) is 0 Å². The largest absolute Gasteiger partial charge is 0.496 e. The fraction of sp³-hybridized carbons (Fsp3) is 0.379. The Balaban J connectivity index is 2.00. The van der Waals surface area contributed by atoms with E-state index in [1.807, 2.05) is 0 Å². The minimum Gasteiger partial charge on any atom is -0.496 e. The number of hydrogen-bond acceptors (Lipinski definition) is 6. The molecule has 0 fully saturated rings. The molecule has 0 saturated carbocycles. The third-order valence-electron chi connectivity index (χ3n) is 6.13. The van der Waals surface area contributed by atoms with Gasteiger partial charge in [0.1, 0.15) is 17.2 Å². The van der Waals surface area contributed by atoms with Crippen molar-refractivity contribution in [3.63, 3.8) is 0 Å². The molecule has 0 saturated heterocycles. The van der Waals surface area contributed by atoms with Crippen molar-refractivity contribution in [1.82, 2.24) is 0 Å². The molecule has 3 aromatic rings. The molecule has 0 radical (unpaired) electrons. The average Bonchev–Trinajstić information content (AvgIpc) is 2.86. The second-order valence-electron chi connectivity index (χ2n) is 8.76. The minimum absolute atomic E-state index is 0.413. The van der Waals surface area contributed by atoms with Crippen LogP contribution < -0.4 is 14.2 Å². The highest BCUT2D eigenvalue weighted by atomic mass is 79.9. The van der Waals surface area contributed by atoms with Crippen LogP contribution in [0.4, 0.5) is 0 Å². The molecule has 1 aliphatic rings. The molecule has 0 spiro atoms. The van der Waals surface area contributed by atoms with E-state index in [2.05, 4.69) is 66.2 Å². The topological polar surface area (TPSA) is 55.4 Å². The summed E-state index contributed by atoms with van der Waals surface area (Å²) in [7, 11) is 5.07. The molecule has 0 atom stereocenters. The summed E-state index contributed by atoms with van der Waals surface area (Å²) >= 11 is 3.74. The van der Waals surface area contributed by atoms with Crippen LogP contribution in [0.15, 0.2) is 40.9 Å². The van der Waals surface area contributed by atoms with Crippen LogP contribution in [0.1, 0.15) is 22.3 Å². The van der Waals surface area contributed by atoms with Crippen molar-refractivity contribution in [2.75, 3.05) is 47.8 Å². The molecule has 7 heteroatoms. The van der Waals surface area contributed by atoms with Crippen LogP contribution in [-0.4, -0.2) is 47.8 Å². The van der Waals surface area contributed by atoms with Crippen LogP contribution >= 0.6 is 15.9 Å². The zero-order chi connectivity index (χ0) is 25.7. The molecular formula is C29H33BrO6. The maximum Gasteiger partial charge on any atom is 0.134 e. The Labute approximate surface area is 221 Å². The lowest BCUT2D eigenvalue weighted by atomic mass is 9.92. The lowest BCUT2D eigenvalue weighted by Crippen LogP contribution is -2.10. The number of fused-ring (bicyclic) bond motifs is 8. The summed E-state index contributed by atoms with van der Waals surface area (Å²) in [4.78, 5) is 0. The standard InChI is InChI=1S/C29H33BrO6/c1-18-10-20-16-35-8-6-34-7-9-36-17-21-11-19(2)13-24(28(21)32-4)26-15-22(30)14-25(29(26)33-5)23(12-18)27(20)31-3/h10-15H,6-9,16-17H2,1-5H3. The molecule has 0 N–H and O–H groups in total. The van der Waals surface area contributed by atoms with E-state index in [0.29, 0.717) is 39.6 Å². The second kappa shape index (κ2) is 12.1. The first-order valence-corrected chi connectivity index (χ1v) is 12.7. The Morgan fingerprint density at radius 2 is 0.944 bits per heavy atom. The highest BCUT2D eigenvalue weighted by Gasteiger charge is 2.23. The third kappa shape index (κ3) is 5.70. The van der Waals surface area contributed by atoms with Crippen molar-refractivity contribution in [3.8, 4) is 39.5 Å². The van der Waals surface area contributed by atoms with E-state index in [9.17, 15) is 0 Å². The average molecular weight is 557 g/mol. The van der Waals surface area contributed by atoms with E-state index in [0.717, 1.165) is 66.2 Å². The number of ether oxygens (including phenoxy) is 6. The molecule has 0 aromatic heterocycles. The van der Waals surface area contributed by atoms with E-state index in [4.69, 9.17) is 28.4 Å². The van der Waals surface area contributed by atoms with E-state index in [1.165, 1.54) is 0 Å². The summed E-state index contributed by atoms with van der Waals surface area (Å²) in [5.41, 5.74) is 7.83. The first-order chi connectivity index (χ1) is 17.5. The first-order valence-electron chi connectivity index (χ1n) is 11.9.